The zero-order valence-electron chi connectivity index (χ0n) is 16.7. The van der Waals surface area contributed by atoms with Crippen LogP contribution < -0.4 is 14.8 Å². The maximum atomic E-state index is 12.7. The summed E-state index contributed by atoms with van der Waals surface area (Å²) < 4.78 is 11.3. The molecule has 3 rings (SSSR count). The van der Waals surface area contributed by atoms with Gasteiger partial charge in [-0.3, -0.25) is 4.79 Å². The van der Waals surface area contributed by atoms with E-state index >= 15 is 0 Å². The molecule has 0 aliphatic carbocycles. The molecule has 3 aromatic carbocycles. The lowest BCUT2D eigenvalue weighted by atomic mass is 10.1. The fraction of sp³-hybridized carbons (Fsp3) is 0.208. The Morgan fingerprint density at radius 3 is 2.52 bits per heavy atom. The third kappa shape index (κ3) is 5.30. The molecule has 29 heavy (non-hydrogen) atoms. The second-order valence-corrected chi connectivity index (χ2v) is 7.24. The SMILES string of the molecule is COc1ccc(C(=O)N[C@H](C)c2ccccc2)cc1COc1ccc(Cl)c(C)c1. The summed E-state index contributed by atoms with van der Waals surface area (Å²) in [6.45, 7) is 4.16. The number of hydrogen-bond donors (Lipinski definition) is 1. The minimum atomic E-state index is -0.146. The van der Waals surface area contributed by atoms with Crippen LogP contribution in [-0.4, -0.2) is 13.0 Å². The van der Waals surface area contributed by atoms with Gasteiger partial charge in [-0.25, -0.2) is 0 Å². The molecule has 0 bridgehead atoms. The topological polar surface area (TPSA) is 47.6 Å². The van der Waals surface area contributed by atoms with Crippen molar-refractivity contribution in [3.63, 3.8) is 0 Å². The fourth-order valence-corrected chi connectivity index (χ4v) is 3.12. The number of aryl methyl sites for hydroxylation is 1. The Labute approximate surface area is 176 Å². The molecule has 150 valence electrons. The van der Waals surface area contributed by atoms with Gasteiger partial charge in [-0.05, 0) is 61.4 Å². The van der Waals surface area contributed by atoms with Gasteiger partial charge < -0.3 is 14.8 Å². The second kappa shape index (κ2) is 9.48. The third-order valence-electron chi connectivity index (χ3n) is 4.71. The highest BCUT2D eigenvalue weighted by Crippen LogP contribution is 2.25. The summed E-state index contributed by atoms with van der Waals surface area (Å²) in [5, 5.41) is 3.72. The summed E-state index contributed by atoms with van der Waals surface area (Å²) in [5.74, 6) is 1.23. The molecular formula is C24H24ClNO3. The van der Waals surface area contributed by atoms with Crippen molar-refractivity contribution in [3.8, 4) is 11.5 Å². The summed E-state index contributed by atoms with van der Waals surface area (Å²) >= 11 is 6.07. The van der Waals surface area contributed by atoms with Gasteiger partial charge in [0.1, 0.15) is 18.1 Å². The number of halogens is 1. The van der Waals surface area contributed by atoms with E-state index in [1.807, 2.05) is 56.3 Å². The summed E-state index contributed by atoms with van der Waals surface area (Å²) in [4.78, 5) is 12.7. The quantitative estimate of drug-likeness (QED) is 0.542. The highest BCUT2D eigenvalue weighted by molar-refractivity contribution is 6.31. The van der Waals surface area contributed by atoms with Gasteiger partial charge in [0.25, 0.3) is 5.91 Å². The Morgan fingerprint density at radius 2 is 1.83 bits per heavy atom. The lowest BCUT2D eigenvalue weighted by Gasteiger charge is -2.16. The Balaban J connectivity index is 1.73. The molecule has 0 fully saturated rings. The number of carbonyl (C=O) groups is 1. The molecule has 1 N–H and O–H groups in total. The van der Waals surface area contributed by atoms with E-state index in [2.05, 4.69) is 5.32 Å². The largest absolute Gasteiger partial charge is 0.496 e. The number of amides is 1. The van der Waals surface area contributed by atoms with Gasteiger partial charge >= 0.3 is 0 Å². The standard InChI is InChI=1S/C24H24ClNO3/c1-16-13-21(10-11-22(16)25)29-15-20-14-19(9-12-23(20)28-3)24(27)26-17(2)18-7-5-4-6-8-18/h4-14,17H,15H2,1-3H3,(H,26,27)/t17-/m1/s1. The lowest BCUT2D eigenvalue weighted by Crippen LogP contribution is -2.26. The first-order valence-electron chi connectivity index (χ1n) is 9.39. The van der Waals surface area contributed by atoms with Crippen LogP contribution in [0.4, 0.5) is 0 Å². The zero-order valence-corrected chi connectivity index (χ0v) is 17.5. The van der Waals surface area contributed by atoms with Crippen molar-refractivity contribution in [1.82, 2.24) is 5.32 Å². The van der Waals surface area contributed by atoms with E-state index in [1.165, 1.54) is 0 Å². The Bertz CT molecular complexity index is 989. The van der Waals surface area contributed by atoms with E-state index in [9.17, 15) is 4.79 Å². The number of hydrogen-bond acceptors (Lipinski definition) is 3. The van der Waals surface area contributed by atoms with E-state index in [0.717, 1.165) is 16.7 Å². The molecule has 3 aromatic rings. The van der Waals surface area contributed by atoms with Gasteiger partial charge in [0.2, 0.25) is 0 Å². The number of methoxy groups -OCH3 is 1. The van der Waals surface area contributed by atoms with Crippen LogP contribution in [0.1, 0.15) is 40.0 Å². The second-order valence-electron chi connectivity index (χ2n) is 6.83. The minimum Gasteiger partial charge on any atom is -0.496 e. The van der Waals surface area contributed by atoms with Crippen molar-refractivity contribution in [1.29, 1.82) is 0 Å². The predicted molar refractivity (Wildman–Crippen MR) is 116 cm³/mol. The van der Waals surface area contributed by atoms with Crippen molar-refractivity contribution in [2.24, 2.45) is 0 Å². The van der Waals surface area contributed by atoms with E-state index < -0.39 is 0 Å². The monoisotopic (exact) mass is 409 g/mol. The van der Waals surface area contributed by atoms with E-state index in [-0.39, 0.29) is 18.6 Å². The van der Waals surface area contributed by atoms with Crippen molar-refractivity contribution < 1.29 is 14.3 Å². The van der Waals surface area contributed by atoms with Gasteiger partial charge in [0.15, 0.2) is 0 Å². The van der Waals surface area contributed by atoms with Gasteiger partial charge in [-0.2, -0.15) is 0 Å². The van der Waals surface area contributed by atoms with Crippen molar-refractivity contribution in [2.45, 2.75) is 26.5 Å². The van der Waals surface area contributed by atoms with E-state index in [1.54, 1.807) is 31.4 Å². The summed E-state index contributed by atoms with van der Waals surface area (Å²) in [7, 11) is 1.60. The summed E-state index contributed by atoms with van der Waals surface area (Å²) in [6.07, 6.45) is 0. The predicted octanol–water partition coefficient (Wildman–Crippen LogP) is 5.73. The number of carbonyl (C=O) groups excluding carboxylic acids is 1. The molecule has 1 amide bonds. The first-order chi connectivity index (χ1) is 14.0. The van der Waals surface area contributed by atoms with Crippen molar-refractivity contribution in [3.05, 3.63) is 94.0 Å². The molecule has 0 aromatic heterocycles. The normalized spacial score (nSPS) is 11.6. The van der Waals surface area contributed by atoms with Crippen LogP contribution in [0, 0.1) is 6.92 Å². The van der Waals surface area contributed by atoms with Crippen LogP contribution in [0.25, 0.3) is 0 Å². The molecule has 0 aliphatic rings. The first kappa shape index (κ1) is 20.7. The maximum absolute atomic E-state index is 12.7. The number of nitrogens with one attached hydrogen (secondary N) is 1. The van der Waals surface area contributed by atoms with Crippen LogP contribution in [-0.2, 0) is 6.61 Å². The molecule has 5 heteroatoms. The molecule has 0 saturated carbocycles. The average molecular weight is 410 g/mol. The smallest absolute Gasteiger partial charge is 0.251 e. The van der Waals surface area contributed by atoms with E-state index in [4.69, 9.17) is 21.1 Å². The highest BCUT2D eigenvalue weighted by Gasteiger charge is 2.14. The lowest BCUT2D eigenvalue weighted by molar-refractivity contribution is 0.0939. The molecule has 0 spiro atoms. The van der Waals surface area contributed by atoms with Crippen LogP contribution >= 0.6 is 11.6 Å². The van der Waals surface area contributed by atoms with Crippen LogP contribution in [0.2, 0.25) is 5.02 Å². The fourth-order valence-electron chi connectivity index (χ4n) is 3.01. The average Bonchev–Trinajstić information content (AvgIpc) is 2.74. The van der Waals surface area contributed by atoms with Gasteiger partial charge in [-0.15, -0.1) is 0 Å². The molecule has 4 nitrogen and oxygen atoms in total. The number of ether oxygens (including phenoxy) is 2. The summed E-state index contributed by atoms with van der Waals surface area (Å²) in [5.41, 5.74) is 3.34. The number of benzene rings is 3. The third-order valence-corrected chi connectivity index (χ3v) is 5.14. The van der Waals surface area contributed by atoms with Gasteiger partial charge in [0, 0.05) is 16.1 Å². The molecule has 0 heterocycles. The van der Waals surface area contributed by atoms with Crippen LogP contribution in [0.5, 0.6) is 11.5 Å². The Kier molecular flexibility index (Phi) is 6.78. The molecule has 1 atom stereocenters. The summed E-state index contributed by atoms with van der Waals surface area (Å²) in [6, 6.07) is 20.6. The van der Waals surface area contributed by atoms with Crippen molar-refractivity contribution >= 4 is 17.5 Å². The Hall–Kier alpha value is -2.98. The molecule has 0 radical (unpaired) electrons. The van der Waals surface area contributed by atoms with Crippen LogP contribution in [0.3, 0.4) is 0 Å². The number of rotatable bonds is 7. The highest BCUT2D eigenvalue weighted by atomic mass is 35.5. The molecule has 0 aliphatic heterocycles. The van der Waals surface area contributed by atoms with Gasteiger partial charge in [0.05, 0.1) is 13.2 Å². The van der Waals surface area contributed by atoms with Crippen molar-refractivity contribution in [2.75, 3.05) is 7.11 Å². The minimum absolute atomic E-state index is 0.0949. The van der Waals surface area contributed by atoms with E-state index in [0.29, 0.717) is 22.1 Å². The van der Waals surface area contributed by atoms with Crippen LogP contribution in [0.15, 0.2) is 66.7 Å². The van der Waals surface area contributed by atoms with Gasteiger partial charge in [-0.1, -0.05) is 41.9 Å². The Morgan fingerprint density at radius 1 is 1.07 bits per heavy atom. The molecular weight excluding hydrogens is 386 g/mol. The zero-order chi connectivity index (χ0) is 20.8. The molecule has 0 unspecified atom stereocenters. The maximum Gasteiger partial charge on any atom is 0.251 e. The molecule has 0 saturated heterocycles. The first-order valence-corrected chi connectivity index (χ1v) is 9.77.